The van der Waals surface area contributed by atoms with E-state index in [1.165, 1.54) is 6.07 Å². The van der Waals surface area contributed by atoms with Crippen molar-refractivity contribution in [2.24, 2.45) is 0 Å². The van der Waals surface area contributed by atoms with Gasteiger partial charge in [0.1, 0.15) is 23.0 Å². The van der Waals surface area contributed by atoms with Crippen LogP contribution >= 0.6 is 0 Å². The number of imidazole rings is 1. The lowest BCUT2D eigenvalue weighted by Gasteiger charge is -2.24. The molecule has 4 heterocycles. The molecule has 2 aromatic carbocycles. The van der Waals surface area contributed by atoms with Crippen LogP contribution in [0.15, 0.2) is 59.7 Å². The van der Waals surface area contributed by atoms with E-state index in [1.807, 2.05) is 31.2 Å². The van der Waals surface area contributed by atoms with Crippen LogP contribution in [-0.4, -0.2) is 44.6 Å². The maximum atomic E-state index is 15.0. The average Bonchev–Trinajstić information content (AvgIpc) is 3.31. The highest BCUT2D eigenvalue weighted by molar-refractivity contribution is 5.99. The third-order valence-corrected chi connectivity index (χ3v) is 6.37. The van der Waals surface area contributed by atoms with Gasteiger partial charge >= 0.3 is 0 Å². The van der Waals surface area contributed by atoms with Crippen molar-refractivity contribution in [3.05, 3.63) is 82.4 Å². The Balaban J connectivity index is 1.49. The highest BCUT2D eigenvalue weighted by Crippen LogP contribution is 2.34. The fraction of sp³-hybridized carbons (Fsp3) is 0.231. The van der Waals surface area contributed by atoms with Gasteiger partial charge in [-0.05, 0) is 25.1 Å². The van der Waals surface area contributed by atoms with Gasteiger partial charge in [0.2, 0.25) is 0 Å². The predicted octanol–water partition coefficient (Wildman–Crippen LogP) is 3.83. The van der Waals surface area contributed by atoms with Gasteiger partial charge in [-0.3, -0.25) is 4.79 Å². The van der Waals surface area contributed by atoms with E-state index in [4.69, 9.17) is 4.74 Å². The van der Waals surface area contributed by atoms with Crippen LogP contribution in [0.1, 0.15) is 30.5 Å². The molecule has 182 valence electrons. The number of benzene rings is 2. The summed E-state index contributed by atoms with van der Waals surface area (Å²) in [5, 5.41) is 7.45. The second-order valence-electron chi connectivity index (χ2n) is 8.76. The van der Waals surface area contributed by atoms with Crippen LogP contribution in [0.2, 0.25) is 0 Å². The van der Waals surface area contributed by atoms with Crippen molar-refractivity contribution in [3.63, 3.8) is 0 Å². The summed E-state index contributed by atoms with van der Waals surface area (Å²) in [7, 11) is 0. The zero-order valence-corrected chi connectivity index (χ0v) is 19.5. The van der Waals surface area contributed by atoms with Crippen molar-refractivity contribution in [2.45, 2.75) is 19.1 Å². The molecule has 36 heavy (non-hydrogen) atoms. The first-order valence-corrected chi connectivity index (χ1v) is 11.8. The van der Waals surface area contributed by atoms with E-state index in [1.54, 1.807) is 24.5 Å². The Morgan fingerprint density at radius 2 is 1.94 bits per heavy atom. The van der Waals surface area contributed by atoms with Crippen LogP contribution in [0, 0.1) is 5.82 Å². The SMILES string of the molecule is CC(Nc1c(-c2nc3cc(F)c(C4CNCCO4)cc3[nH]2)c(=O)[nH]c2ccccc12)c1ncccn1. The first kappa shape index (κ1) is 22.3. The molecule has 1 saturated heterocycles. The van der Waals surface area contributed by atoms with E-state index in [0.717, 1.165) is 11.9 Å². The fourth-order valence-corrected chi connectivity index (χ4v) is 4.61. The summed E-state index contributed by atoms with van der Waals surface area (Å²) in [5.74, 6) is 0.528. The Morgan fingerprint density at radius 3 is 2.75 bits per heavy atom. The molecule has 2 unspecified atom stereocenters. The summed E-state index contributed by atoms with van der Waals surface area (Å²) in [4.78, 5) is 32.8. The van der Waals surface area contributed by atoms with Gasteiger partial charge in [0.25, 0.3) is 5.56 Å². The number of rotatable bonds is 5. The number of pyridine rings is 1. The van der Waals surface area contributed by atoms with Gasteiger partial charge < -0.3 is 25.3 Å². The highest BCUT2D eigenvalue weighted by Gasteiger charge is 2.23. The molecule has 4 N–H and O–H groups in total. The number of H-pyrrole nitrogens is 2. The molecule has 1 aliphatic heterocycles. The normalized spacial score (nSPS) is 16.9. The summed E-state index contributed by atoms with van der Waals surface area (Å²) < 4.78 is 20.7. The van der Waals surface area contributed by atoms with Crippen LogP contribution in [0.25, 0.3) is 33.3 Å². The molecule has 5 aromatic rings. The minimum atomic E-state index is -0.394. The molecule has 1 aliphatic rings. The standard InChI is InChI=1S/C26H24FN7O2/c1-14(24-29-7-4-8-30-24)31-23-15-5-2-3-6-18(15)34-26(35)22(23)25-32-19-11-16(17(27)12-20(19)33-25)21-13-28-9-10-36-21/h2-8,11-12,14,21,28H,9-10,13H2,1H3,(H,32,33)(H2,31,34,35). The quantitative estimate of drug-likeness (QED) is 0.299. The second-order valence-corrected chi connectivity index (χ2v) is 8.76. The lowest BCUT2D eigenvalue weighted by atomic mass is 10.1. The molecule has 9 nitrogen and oxygen atoms in total. The molecule has 0 aliphatic carbocycles. The van der Waals surface area contributed by atoms with Crippen LogP contribution in [0.3, 0.4) is 0 Å². The number of ether oxygens (including phenoxy) is 1. The van der Waals surface area contributed by atoms with Crippen molar-refractivity contribution >= 4 is 27.6 Å². The van der Waals surface area contributed by atoms with Gasteiger partial charge in [0, 0.05) is 42.5 Å². The lowest BCUT2D eigenvalue weighted by Crippen LogP contribution is -2.33. The molecule has 3 aromatic heterocycles. The van der Waals surface area contributed by atoms with Crippen LogP contribution in [0.4, 0.5) is 10.1 Å². The molecule has 2 atom stereocenters. The molecule has 0 spiro atoms. The van der Waals surface area contributed by atoms with E-state index >= 15 is 0 Å². The second kappa shape index (κ2) is 9.14. The molecule has 10 heteroatoms. The van der Waals surface area contributed by atoms with E-state index in [0.29, 0.717) is 58.2 Å². The number of aromatic nitrogens is 5. The van der Waals surface area contributed by atoms with Crippen molar-refractivity contribution in [2.75, 3.05) is 25.0 Å². The number of anilines is 1. The van der Waals surface area contributed by atoms with Crippen molar-refractivity contribution < 1.29 is 9.13 Å². The number of morpholine rings is 1. The number of para-hydroxylation sites is 1. The van der Waals surface area contributed by atoms with Gasteiger partial charge in [0.05, 0.1) is 41.0 Å². The van der Waals surface area contributed by atoms with Crippen LogP contribution < -0.4 is 16.2 Å². The number of halogens is 1. The average molecular weight is 486 g/mol. The van der Waals surface area contributed by atoms with Crippen molar-refractivity contribution in [1.82, 2.24) is 30.2 Å². The number of hydrogen-bond acceptors (Lipinski definition) is 7. The van der Waals surface area contributed by atoms with Gasteiger partial charge in [-0.1, -0.05) is 18.2 Å². The van der Waals surface area contributed by atoms with Gasteiger partial charge in [-0.25, -0.2) is 19.3 Å². The topological polar surface area (TPSA) is 121 Å². The maximum absolute atomic E-state index is 15.0. The summed E-state index contributed by atoms with van der Waals surface area (Å²) >= 11 is 0. The minimum absolute atomic E-state index is 0.292. The number of nitrogens with zero attached hydrogens (tertiary/aromatic N) is 3. The zero-order chi connectivity index (χ0) is 24.6. The third kappa shape index (κ3) is 4.00. The Kier molecular flexibility index (Phi) is 5.67. The van der Waals surface area contributed by atoms with Crippen molar-refractivity contribution in [1.29, 1.82) is 0 Å². The Labute approximate surface area is 205 Å². The summed E-state index contributed by atoms with van der Waals surface area (Å²) in [6, 6.07) is 12.1. The van der Waals surface area contributed by atoms with Crippen molar-refractivity contribution in [3.8, 4) is 11.4 Å². The van der Waals surface area contributed by atoms with Crippen LogP contribution in [0.5, 0.6) is 0 Å². The predicted molar refractivity (Wildman–Crippen MR) is 135 cm³/mol. The third-order valence-electron chi connectivity index (χ3n) is 6.37. The van der Waals surface area contributed by atoms with Crippen LogP contribution in [-0.2, 0) is 4.74 Å². The smallest absolute Gasteiger partial charge is 0.261 e. The highest BCUT2D eigenvalue weighted by atomic mass is 19.1. The number of nitrogens with one attached hydrogen (secondary N) is 4. The van der Waals surface area contributed by atoms with Gasteiger partial charge in [0.15, 0.2) is 0 Å². The van der Waals surface area contributed by atoms with Gasteiger partial charge in [-0.2, -0.15) is 0 Å². The molecular weight excluding hydrogens is 461 g/mol. The largest absolute Gasteiger partial charge is 0.374 e. The van der Waals surface area contributed by atoms with Gasteiger partial charge in [-0.15, -0.1) is 0 Å². The zero-order valence-electron chi connectivity index (χ0n) is 19.5. The summed E-state index contributed by atoms with van der Waals surface area (Å²) in [6.45, 7) is 3.71. The Hall–Kier alpha value is -4.15. The monoisotopic (exact) mass is 485 g/mol. The molecule has 0 saturated carbocycles. The van der Waals surface area contributed by atoms with E-state index in [9.17, 15) is 9.18 Å². The molecular formula is C26H24FN7O2. The minimum Gasteiger partial charge on any atom is -0.374 e. The molecule has 1 fully saturated rings. The first-order valence-electron chi connectivity index (χ1n) is 11.8. The maximum Gasteiger partial charge on any atom is 0.261 e. The first-order chi connectivity index (χ1) is 17.6. The number of fused-ring (bicyclic) bond motifs is 2. The fourth-order valence-electron chi connectivity index (χ4n) is 4.61. The molecule has 0 amide bonds. The Morgan fingerprint density at radius 1 is 1.11 bits per heavy atom. The molecule has 6 rings (SSSR count). The Bertz CT molecular complexity index is 1610. The van der Waals surface area contributed by atoms with E-state index < -0.39 is 5.82 Å². The molecule has 0 bridgehead atoms. The number of hydrogen-bond donors (Lipinski definition) is 4. The lowest BCUT2D eigenvalue weighted by molar-refractivity contribution is 0.0256. The van der Waals surface area contributed by atoms with E-state index in [-0.39, 0.29) is 17.7 Å². The molecule has 0 radical (unpaired) electrons. The van der Waals surface area contributed by atoms with E-state index in [2.05, 4.69) is 35.6 Å². The summed E-state index contributed by atoms with van der Waals surface area (Å²) in [5.41, 5.74) is 2.77. The number of aromatic amines is 2. The summed E-state index contributed by atoms with van der Waals surface area (Å²) in [6.07, 6.45) is 2.96.